The Morgan fingerprint density at radius 1 is 1.45 bits per heavy atom. The smallest absolute Gasteiger partial charge is 0.142 e. The van der Waals surface area contributed by atoms with Crippen LogP contribution in [0.4, 0.5) is 0 Å². The fraction of sp³-hybridized carbons (Fsp3) is 0.571. The summed E-state index contributed by atoms with van der Waals surface area (Å²) >= 11 is 12.1. The van der Waals surface area contributed by atoms with Crippen molar-refractivity contribution in [3.8, 4) is 5.75 Å². The average molecular weight is 319 g/mol. The van der Waals surface area contributed by atoms with Gasteiger partial charge in [-0.15, -0.1) is 0 Å². The van der Waals surface area contributed by atoms with E-state index >= 15 is 0 Å². The molecule has 6 heteroatoms. The van der Waals surface area contributed by atoms with Crippen LogP contribution in [0.15, 0.2) is 12.1 Å². The molecule has 0 spiro atoms. The summed E-state index contributed by atoms with van der Waals surface area (Å²) in [5.74, 6) is 0.672. The van der Waals surface area contributed by atoms with Gasteiger partial charge in [-0.25, -0.2) is 0 Å². The van der Waals surface area contributed by atoms with Gasteiger partial charge in [-0.1, -0.05) is 23.2 Å². The molecule has 0 bridgehead atoms. The Morgan fingerprint density at radius 3 is 2.95 bits per heavy atom. The molecule has 0 radical (unpaired) electrons. The van der Waals surface area contributed by atoms with Gasteiger partial charge in [-0.05, 0) is 19.2 Å². The zero-order valence-electron chi connectivity index (χ0n) is 11.8. The van der Waals surface area contributed by atoms with Gasteiger partial charge < -0.3 is 19.7 Å². The van der Waals surface area contributed by atoms with Crippen LogP contribution in [0.3, 0.4) is 0 Å². The molecule has 1 aromatic rings. The Hall–Kier alpha value is -0.520. The van der Waals surface area contributed by atoms with Crippen LogP contribution in [-0.2, 0) is 11.3 Å². The van der Waals surface area contributed by atoms with Gasteiger partial charge in [0.1, 0.15) is 5.75 Å². The Morgan fingerprint density at radius 2 is 2.25 bits per heavy atom. The van der Waals surface area contributed by atoms with Crippen molar-refractivity contribution in [2.75, 3.05) is 40.4 Å². The van der Waals surface area contributed by atoms with Crippen LogP contribution in [0.2, 0.25) is 10.0 Å². The first kappa shape index (κ1) is 15.9. The normalized spacial score (nSPS) is 20.1. The maximum absolute atomic E-state index is 6.11. The molecule has 0 unspecified atom stereocenters. The molecule has 0 saturated carbocycles. The minimum absolute atomic E-state index is 0.217. The highest BCUT2D eigenvalue weighted by molar-refractivity contribution is 6.35. The first-order chi connectivity index (χ1) is 9.60. The number of methoxy groups -OCH3 is 1. The van der Waals surface area contributed by atoms with E-state index in [0.29, 0.717) is 22.3 Å². The molecule has 1 saturated heterocycles. The van der Waals surface area contributed by atoms with Gasteiger partial charge in [0.15, 0.2) is 0 Å². The van der Waals surface area contributed by atoms with Crippen molar-refractivity contribution in [1.29, 1.82) is 0 Å². The van der Waals surface area contributed by atoms with E-state index in [2.05, 4.69) is 17.3 Å². The lowest BCUT2D eigenvalue weighted by atomic mass is 10.2. The van der Waals surface area contributed by atoms with Gasteiger partial charge in [0, 0.05) is 36.8 Å². The van der Waals surface area contributed by atoms with Crippen LogP contribution in [0.25, 0.3) is 0 Å². The van der Waals surface area contributed by atoms with Crippen LogP contribution >= 0.6 is 23.2 Å². The van der Waals surface area contributed by atoms with Crippen LogP contribution in [0.1, 0.15) is 5.56 Å². The number of benzene rings is 1. The monoisotopic (exact) mass is 318 g/mol. The van der Waals surface area contributed by atoms with Gasteiger partial charge in [-0.2, -0.15) is 0 Å². The molecule has 0 aromatic heterocycles. The van der Waals surface area contributed by atoms with Crippen molar-refractivity contribution in [2.45, 2.75) is 12.6 Å². The molecule has 0 aliphatic carbocycles. The fourth-order valence-corrected chi connectivity index (χ4v) is 2.94. The first-order valence-electron chi connectivity index (χ1n) is 6.63. The van der Waals surface area contributed by atoms with Crippen molar-refractivity contribution >= 4 is 23.2 Å². The van der Waals surface area contributed by atoms with E-state index in [4.69, 9.17) is 32.7 Å². The molecular formula is C14H20Cl2N2O2. The molecule has 1 N–H and O–H groups in total. The van der Waals surface area contributed by atoms with Gasteiger partial charge in [0.25, 0.3) is 0 Å². The summed E-state index contributed by atoms with van der Waals surface area (Å²) in [6.07, 6.45) is 0.217. The summed E-state index contributed by atoms with van der Waals surface area (Å²) in [5, 5.41) is 4.52. The molecule has 0 amide bonds. The standard InChI is InChI=1S/C14H20Cl2N2O2/c1-18-3-4-20-12(9-18)8-17-7-10-5-11(15)6-13(16)14(10)19-2/h5-6,12,17H,3-4,7-9H2,1-2H3/t12-/m1/s1. The summed E-state index contributed by atoms with van der Waals surface area (Å²) < 4.78 is 11.0. The lowest BCUT2D eigenvalue weighted by Gasteiger charge is -2.30. The van der Waals surface area contributed by atoms with E-state index < -0.39 is 0 Å². The number of nitrogens with one attached hydrogen (secondary N) is 1. The molecule has 4 nitrogen and oxygen atoms in total. The van der Waals surface area contributed by atoms with Gasteiger partial charge in [0.05, 0.1) is 24.8 Å². The third kappa shape index (κ3) is 4.24. The second-order valence-electron chi connectivity index (χ2n) is 4.97. The lowest BCUT2D eigenvalue weighted by Crippen LogP contribution is -2.44. The topological polar surface area (TPSA) is 33.7 Å². The lowest BCUT2D eigenvalue weighted by molar-refractivity contribution is -0.0182. The molecule has 1 atom stereocenters. The molecule has 1 aromatic carbocycles. The van der Waals surface area contributed by atoms with Crippen LogP contribution in [0, 0.1) is 0 Å². The number of rotatable bonds is 5. The Balaban J connectivity index is 1.90. The largest absolute Gasteiger partial charge is 0.495 e. The predicted molar refractivity (Wildman–Crippen MR) is 82.0 cm³/mol. The number of nitrogens with zero attached hydrogens (tertiary/aromatic N) is 1. The van der Waals surface area contributed by atoms with Gasteiger partial charge in [0.2, 0.25) is 0 Å². The molecular weight excluding hydrogens is 299 g/mol. The Bertz CT molecular complexity index is 457. The van der Waals surface area contributed by atoms with Crippen molar-refractivity contribution in [3.63, 3.8) is 0 Å². The molecule has 20 heavy (non-hydrogen) atoms. The average Bonchev–Trinajstić information content (AvgIpc) is 2.38. The van der Waals surface area contributed by atoms with Gasteiger partial charge >= 0.3 is 0 Å². The maximum Gasteiger partial charge on any atom is 0.142 e. The summed E-state index contributed by atoms with van der Waals surface area (Å²) in [6.45, 7) is 4.16. The number of hydrogen-bond acceptors (Lipinski definition) is 4. The molecule has 1 aliphatic heterocycles. The van der Waals surface area contributed by atoms with E-state index in [9.17, 15) is 0 Å². The summed E-state index contributed by atoms with van der Waals surface area (Å²) in [7, 11) is 3.72. The van der Waals surface area contributed by atoms with E-state index in [1.165, 1.54) is 0 Å². The number of likely N-dealkylation sites (N-methyl/N-ethyl adjacent to an activating group) is 1. The number of ether oxygens (including phenoxy) is 2. The number of halogens is 2. The van der Waals surface area contributed by atoms with E-state index in [1.54, 1.807) is 13.2 Å². The molecule has 2 rings (SSSR count). The fourth-order valence-electron chi connectivity index (χ4n) is 2.33. The zero-order valence-corrected chi connectivity index (χ0v) is 13.3. The Kier molecular flexibility index (Phi) is 5.93. The van der Waals surface area contributed by atoms with Gasteiger partial charge in [-0.3, -0.25) is 0 Å². The Labute approximate surface area is 129 Å². The first-order valence-corrected chi connectivity index (χ1v) is 7.38. The van der Waals surface area contributed by atoms with Crippen LogP contribution < -0.4 is 10.1 Å². The van der Waals surface area contributed by atoms with Crippen molar-refractivity contribution in [1.82, 2.24) is 10.2 Å². The zero-order chi connectivity index (χ0) is 14.5. The van der Waals surface area contributed by atoms with Crippen LogP contribution in [-0.4, -0.2) is 51.4 Å². The third-order valence-corrected chi connectivity index (χ3v) is 3.82. The second kappa shape index (κ2) is 7.48. The molecule has 1 heterocycles. The highest BCUT2D eigenvalue weighted by Gasteiger charge is 2.17. The van der Waals surface area contributed by atoms with Crippen LogP contribution in [0.5, 0.6) is 5.75 Å². The summed E-state index contributed by atoms with van der Waals surface area (Å²) in [5.41, 5.74) is 0.953. The van der Waals surface area contributed by atoms with Crippen molar-refractivity contribution < 1.29 is 9.47 Å². The summed E-state index contributed by atoms with van der Waals surface area (Å²) in [4.78, 5) is 2.27. The van der Waals surface area contributed by atoms with E-state index in [-0.39, 0.29) is 6.10 Å². The highest BCUT2D eigenvalue weighted by atomic mass is 35.5. The second-order valence-corrected chi connectivity index (χ2v) is 5.81. The maximum atomic E-state index is 6.11. The predicted octanol–water partition coefficient (Wildman–Crippen LogP) is 2.42. The number of hydrogen-bond donors (Lipinski definition) is 1. The van der Waals surface area contributed by atoms with Crippen molar-refractivity contribution in [2.24, 2.45) is 0 Å². The van der Waals surface area contributed by atoms with Crippen molar-refractivity contribution in [3.05, 3.63) is 27.7 Å². The minimum Gasteiger partial charge on any atom is -0.495 e. The highest BCUT2D eigenvalue weighted by Crippen LogP contribution is 2.32. The third-order valence-electron chi connectivity index (χ3n) is 3.32. The SMILES string of the molecule is COc1c(Cl)cc(Cl)cc1CNC[C@@H]1CN(C)CCO1. The molecule has 112 valence electrons. The van der Waals surface area contributed by atoms with E-state index in [0.717, 1.165) is 31.8 Å². The molecule has 1 aliphatic rings. The summed E-state index contributed by atoms with van der Waals surface area (Å²) in [6, 6.07) is 3.55. The minimum atomic E-state index is 0.217. The van der Waals surface area contributed by atoms with E-state index in [1.807, 2.05) is 6.07 Å². The quantitative estimate of drug-likeness (QED) is 0.904. The number of morpholine rings is 1. The molecule has 1 fully saturated rings.